The zero-order valence-corrected chi connectivity index (χ0v) is 13.4. The van der Waals surface area contributed by atoms with E-state index in [1.165, 1.54) is 5.56 Å². The van der Waals surface area contributed by atoms with E-state index in [9.17, 15) is 9.90 Å². The van der Waals surface area contributed by atoms with Crippen molar-refractivity contribution in [3.8, 4) is 0 Å². The van der Waals surface area contributed by atoms with Crippen LogP contribution in [-0.4, -0.2) is 59.0 Å². The van der Waals surface area contributed by atoms with Gasteiger partial charge < -0.3 is 15.3 Å². The fourth-order valence-electron chi connectivity index (χ4n) is 2.40. The van der Waals surface area contributed by atoms with Crippen LogP contribution in [0.1, 0.15) is 12.0 Å². The lowest BCUT2D eigenvalue weighted by Gasteiger charge is -2.16. The van der Waals surface area contributed by atoms with Gasteiger partial charge in [-0.1, -0.05) is 11.6 Å². The molecule has 0 saturated heterocycles. The number of fused-ring (bicyclic) bond motifs is 1. The molecule has 2 N–H and O–H groups in total. The highest BCUT2D eigenvalue weighted by Gasteiger charge is 2.09. The van der Waals surface area contributed by atoms with Crippen LogP contribution in [0, 0.1) is 6.92 Å². The van der Waals surface area contributed by atoms with Crippen molar-refractivity contribution in [3.05, 3.63) is 30.0 Å². The van der Waals surface area contributed by atoms with Gasteiger partial charge in [0.05, 0.1) is 24.4 Å². The number of amides is 1. The largest absolute Gasteiger partial charge is 0.390 e. The fraction of sp³-hybridized carbons (Fsp3) is 0.500. The van der Waals surface area contributed by atoms with Gasteiger partial charge in [-0.2, -0.15) is 5.10 Å². The molecule has 1 heterocycles. The molecule has 0 spiro atoms. The van der Waals surface area contributed by atoms with Crippen molar-refractivity contribution < 1.29 is 9.90 Å². The lowest BCUT2D eigenvalue weighted by atomic mass is 10.2. The number of nitrogens with one attached hydrogen (secondary N) is 1. The molecule has 22 heavy (non-hydrogen) atoms. The van der Waals surface area contributed by atoms with Gasteiger partial charge >= 0.3 is 0 Å². The van der Waals surface area contributed by atoms with Gasteiger partial charge in [-0.05, 0) is 33.2 Å². The predicted octanol–water partition coefficient (Wildman–Crippen LogP) is 0.774. The number of nitrogens with zero attached hydrogens (tertiary/aromatic N) is 3. The first-order valence-electron chi connectivity index (χ1n) is 7.47. The monoisotopic (exact) mass is 304 g/mol. The minimum absolute atomic E-state index is 0.0754. The van der Waals surface area contributed by atoms with E-state index >= 15 is 0 Å². The number of rotatable bonds is 7. The SMILES string of the molecule is Cc1ccc2c(cnn2CCC(=O)NCC(O)CN(C)C)c1. The van der Waals surface area contributed by atoms with E-state index in [0.29, 0.717) is 19.5 Å². The van der Waals surface area contributed by atoms with Crippen LogP contribution in [0.2, 0.25) is 0 Å². The highest BCUT2D eigenvalue weighted by Crippen LogP contribution is 2.15. The van der Waals surface area contributed by atoms with Gasteiger partial charge in [0.2, 0.25) is 5.91 Å². The first kappa shape index (κ1) is 16.5. The summed E-state index contributed by atoms with van der Waals surface area (Å²) in [5.74, 6) is -0.0754. The topological polar surface area (TPSA) is 70.4 Å². The number of aliphatic hydroxyl groups excluding tert-OH is 1. The lowest BCUT2D eigenvalue weighted by molar-refractivity contribution is -0.121. The quantitative estimate of drug-likeness (QED) is 0.793. The number of likely N-dealkylation sites (N-methyl/N-ethyl adjacent to an activating group) is 1. The highest BCUT2D eigenvalue weighted by atomic mass is 16.3. The summed E-state index contributed by atoms with van der Waals surface area (Å²) in [4.78, 5) is 13.7. The van der Waals surface area contributed by atoms with E-state index in [4.69, 9.17) is 0 Å². The average molecular weight is 304 g/mol. The smallest absolute Gasteiger partial charge is 0.221 e. The molecule has 6 nitrogen and oxygen atoms in total. The third-order valence-corrected chi connectivity index (χ3v) is 3.46. The van der Waals surface area contributed by atoms with E-state index < -0.39 is 6.10 Å². The summed E-state index contributed by atoms with van der Waals surface area (Å²) in [6.45, 7) is 3.38. The van der Waals surface area contributed by atoms with Crippen molar-refractivity contribution in [3.63, 3.8) is 0 Å². The third-order valence-electron chi connectivity index (χ3n) is 3.46. The predicted molar refractivity (Wildman–Crippen MR) is 86.7 cm³/mol. The van der Waals surface area contributed by atoms with E-state index in [2.05, 4.69) is 16.5 Å². The molecule has 1 aromatic carbocycles. The summed E-state index contributed by atoms with van der Waals surface area (Å²) < 4.78 is 1.84. The summed E-state index contributed by atoms with van der Waals surface area (Å²) >= 11 is 0. The molecule has 1 aromatic heterocycles. The number of hydrogen-bond donors (Lipinski definition) is 2. The second kappa shape index (κ2) is 7.38. The van der Waals surface area contributed by atoms with Crippen LogP contribution in [0.5, 0.6) is 0 Å². The minimum atomic E-state index is -0.549. The first-order chi connectivity index (χ1) is 10.5. The van der Waals surface area contributed by atoms with Crippen molar-refractivity contribution in [1.82, 2.24) is 20.0 Å². The molecule has 0 fully saturated rings. The molecule has 0 aliphatic rings. The molecule has 6 heteroatoms. The van der Waals surface area contributed by atoms with Gasteiger partial charge in [-0.3, -0.25) is 9.48 Å². The third kappa shape index (κ3) is 4.54. The molecule has 0 bridgehead atoms. The van der Waals surface area contributed by atoms with Crippen LogP contribution in [0.15, 0.2) is 24.4 Å². The average Bonchev–Trinajstić information content (AvgIpc) is 2.84. The minimum Gasteiger partial charge on any atom is -0.390 e. The van der Waals surface area contributed by atoms with Crippen LogP contribution in [0.4, 0.5) is 0 Å². The number of carbonyl (C=O) groups excluding carboxylic acids is 1. The van der Waals surface area contributed by atoms with E-state index in [1.807, 2.05) is 48.9 Å². The maximum atomic E-state index is 11.8. The Morgan fingerprint density at radius 2 is 2.23 bits per heavy atom. The Labute approximate surface area is 130 Å². The van der Waals surface area contributed by atoms with Gasteiger partial charge in [-0.15, -0.1) is 0 Å². The molecule has 0 saturated carbocycles. The van der Waals surface area contributed by atoms with Crippen molar-refractivity contribution in [2.24, 2.45) is 0 Å². The zero-order chi connectivity index (χ0) is 16.1. The van der Waals surface area contributed by atoms with Gasteiger partial charge in [0.25, 0.3) is 0 Å². The van der Waals surface area contributed by atoms with E-state index in [0.717, 1.165) is 10.9 Å². The second-order valence-corrected chi connectivity index (χ2v) is 5.90. The number of aromatic nitrogens is 2. The van der Waals surface area contributed by atoms with Gasteiger partial charge in [0, 0.05) is 24.9 Å². The van der Waals surface area contributed by atoms with Crippen LogP contribution in [0.25, 0.3) is 10.9 Å². The van der Waals surface area contributed by atoms with Crippen molar-refractivity contribution >= 4 is 16.8 Å². The van der Waals surface area contributed by atoms with Gasteiger partial charge in [0.1, 0.15) is 0 Å². The Bertz CT molecular complexity index is 636. The van der Waals surface area contributed by atoms with E-state index in [1.54, 1.807) is 0 Å². The van der Waals surface area contributed by atoms with Crippen LogP contribution >= 0.6 is 0 Å². The standard InChI is InChI=1S/C16H24N4O2/c1-12-4-5-15-13(8-12)9-18-20(15)7-6-16(22)17-10-14(21)11-19(2)3/h4-5,8-9,14,21H,6-7,10-11H2,1-3H3,(H,17,22). The maximum absolute atomic E-state index is 11.8. The number of hydrogen-bond acceptors (Lipinski definition) is 4. The van der Waals surface area contributed by atoms with Crippen molar-refractivity contribution in [2.75, 3.05) is 27.2 Å². The van der Waals surface area contributed by atoms with Crippen molar-refractivity contribution in [1.29, 1.82) is 0 Å². The van der Waals surface area contributed by atoms with Crippen LogP contribution in [0.3, 0.4) is 0 Å². The number of aryl methyl sites for hydroxylation is 2. The summed E-state index contributed by atoms with van der Waals surface area (Å²) in [7, 11) is 3.77. The Morgan fingerprint density at radius 1 is 1.45 bits per heavy atom. The van der Waals surface area contributed by atoms with Crippen molar-refractivity contribution in [2.45, 2.75) is 26.0 Å². The lowest BCUT2D eigenvalue weighted by Crippen LogP contribution is -2.37. The molecule has 2 aromatic rings. The Kier molecular flexibility index (Phi) is 5.51. The van der Waals surface area contributed by atoms with Crippen LogP contribution < -0.4 is 5.32 Å². The normalized spacial score (nSPS) is 12.8. The Balaban J connectivity index is 1.83. The Morgan fingerprint density at radius 3 is 2.95 bits per heavy atom. The molecular weight excluding hydrogens is 280 g/mol. The molecule has 0 radical (unpaired) electrons. The molecule has 1 atom stereocenters. The van der Waals surface area contributed by atoms with E-state index in [-0.39, 0.29) is 12.5 Å². The second-order valence-electron chi connectivity index (χ2n) is 5.90. The van der Waals surface area contributed by atoms with Crippen LogP contribution in [-0.2, 0) is 11.3 Å². The fourth-order valence-corrected chi connectivity index (χ4v) is 2.40. The number of benzene rings is 1. The summed E-state index contributed by atoms with van der Waals surface area (Å²) in [6, 6.07) is 6.14. The summed E-state index contributed by atoms with van der Waals surface area (Å²) in [6.07, 6.45) is 1.62. The molecule has 1 unspecified atom stereocenters. The Hall–Kier alpha value is -1.92. The number of aliphatic hydroxyl groups is 1. The molecule has 1 amide bonds. The van der Waals surface area contributed by atoms with Gasteiger partial charge in [-0.25, -0.2) is 0 Å². The molecule has 0 aliphatic heterocycles. The molecule has 2 rings (SSSR count). The maximum Gasteiger partial charge on any atom is 0.221 e. The highest BCUT2D eigenvalue weighted by molar-refractivity contribution is 5.80. The number of carbonyl (C=O) groups is 1. The summed E-state index contributed by atoms with van der Waals surface area (Å²) in [5, 5.41) is 17.9. The zero-order valence-electron chi connectivity index (χ0n) is 13.4. The first-order valence-corrected chi connectivity index (χ1v) is 7.47. The van der Waals surface area contributed by atoms with Gasteiger partial charge in [0.15, 0.2) is 0 Å². The molecule has 120 valence electrons. The molecular formula is C16H24N4O2. The molecule has 0 aliphatic carbocycles. The summed E-state index contributed by atoms with van der Waals surface area (Å²) in [5.41, 5.74) is 2.23.